The maximum absolute atomic E-state index is 5.55. The van der Waals surface area contributed by atoms with Gasteiger partial charge in [-0.3, -0.25) is 0 Å². The van der Waals surface area contributed by atoms with Gasteiger partial charge in [-0.1, -0.05) is 19.1 Å². The highest BCUT2D eigenvalue weighted by Gasteiger charge is 2.04. The summed E-state index contributed by atoms with van der Waals surface area (Å²) in [7, 11) is 0. The van der Waals surface area contributed by atoms with Crippen LogP contribution in [0, 0.1) is 26.7 Å². The third-order valence-corrected chi connectivity index (χ3v) is 3.64. The SMILES string of the molecule is Cc1ccc(CNCC(C)CCN)c(C)c1C. The van der Waals surface area contributed by atoms with Crippen molar-refractivity contribution < 1.29 is 0 Å². The van der Waals surface area contributed by atoms with Crippen LogP contribution in [-0.2, 0) is 6.54 Å². The van der Waals surface area contributed by atoms with Crippen LogP contribution in [0.4, 0.5) is 0 Å². The quantitative estimate of drug-likeness (QED) is 0.794. The first-order chi connectivity index (χ1) is 8.06. The maximum Gasteiger partial charge on any atom is 0.0208 e. The number of nitrogens with two attached hydrogens (primary N) is 1. The summed E-state index contributed by atoms with van der Waals surface area (Å²) >= 11 is 0. The van der Waals surface area contributed by atoms with E-state index in [1.807, 2.05) is 0 Å². The van der Waals surface area contributed by atoms with E-state index in [2.05, 4.69) is 45.1 Å². The second-order valence-electron chi connectivity index (χ2n) is 5.11. The lowest BCUT2D eigenvalue weighted by molar-refractivity contribution is 0.486. The molecule has 0 aliphatic carbocycles. The van der Waals surface area contributed by atoms with Gasteiger partial charge in [-0.2, -0.15) is 0 Å². The Morgan fingerprint density at radius 2 is 1.88 bits per heavy atom. The van der Waals surface area contributed by atoms with E-state index in [4.69, 9.17) is 5.73 Å². The molecule has 0 amide bonds. The number of rotatable bonds is 6. The minimum absolute atomic E-state index is 0.659. The molecule has 3 N–H and O–H groups in total. The van der Waals surface area contributed by atoms with E-state index < -0.39 is 0 Å². The van der Waals surface area contributed by atoms with Gasteiger partial charge in [-0.15, -0.1) is 0 Å². The predicted octanol–water partition coefficient (Wildman–Crippen LogP) is 2.69. The average Bonchev–Trinajstić information content (AvgIpc) is 2.29. The molecular formula is C15H26N2. The van der Waals surface area contributed by atoms with Crippen molar-refractivity contribution in [3.8, 4) is 0 Å². The van der Waals surface area contributed by atoms with Crippen molar-refractivity contribution in [2.75, 3.05) is 13.1 Å². The van der Waals surface area contributed by atoms with Crippen LogP contribution in [0.2, 0.25) is 0 Å². The topological polar surface area (TPSA) is 38.0 Å². The summed E-state index contributed by atoms with van der Waals surface area (Å²) in [6.45, 7) is 11.6. The summed E-state index contributed by atoms with van der Waals surface area (Å²) in [6.07, 6.45) is 1.10. The molecule has 17 heavy (non-hydrogen) atoms. The number of benzene rings is 1. The summed E-state index contributed by atoms with van der Waals surface area (Å²) in [5.74, 6) is 0.659. The standard InChI is InChI=1S/C15H26N2/c1-11(7-8-16)9-17-10-15-6-5-12(2)13(3)14(15)4/h5-6,11,17H,7-10,16H2,1-4H3. The lowest BCUT2D eigenvalue weighted by atomic mass is 9.99. The highest BCUT2D eigenvalue weighted by Crippen LogP contribution is 2.16. The molecule has 0 radical (unpaired) electrons. The van der Waals surface area contributed by atoms with Gasteiger partial charge in [0.1, 0.15) is 0 Å². The van der Waals surface area contributed by atoms with Crippen LogP contribution >= 0.6 is 0 Å². The van der Waals surface area contributed by atoms with E-state index in [0.29, 0.717) is 5.92 Å². The summed E-state index contributed by atoms with van der Waals surface area (Å²) in [5, 5.41) is 3.52. The van der Waals surface area contributed by atoms with Gasteiger partial charge in [0.15, 0.2) is 0 Å². The van der Waals surface area contributed by atoms with Gasteiger partial charge in [0.2, 0.25) is 0 Å². The lowest BCUT2D eigenvalue weighted by Crippen LogP contribution is -2.23. The van der Waals surface area contributed by atoms with Crippen LogP contribution in [0.15, 0.2) is 12.1 Å². The molecule has 96 valence electrons. The highest BCUT2D eigenvalue weighted by atomic mass is 14.9. The fourth-order valence-corrected chi connectivity index (χ4v) is 2.04. The minimum atomic E-state index is 0.659. The van der Waals surface area contributed by atoms with E-state index in [9.17, 15) is 0 Å². The first-order valence-electron chi connectivity index (χ1n) is 6.52. The van der Waals surface area contributed by atoms with Crippen LogP contribution in [0.25, 0.3) is 0 Å². The van der Waals surface area contributed by atoms with Crippen molar-refractivity contribution in [2.24, 2.45) is 11.7 Å². The normalized spacial score (nSPS) is 12.8. The first-order valence-corrected chi connectivity index (χ1v) is 6.52. The maximum atomic E-state index is 5.55. The third kappa shape index (κ3) is 4.14. The van der Waals surface area contributed by atoms with Gasteiger partial charge in [-0.25, -0.2) is 0 Å². The van der Waals surface area contributed by atoms with E-state index in [-0.39, 0.29) is 0 Å². The molecule has 0 bridgehead atoms. The molecule has 1 aromatic rings. The molecule has 0 saturated carbocycles. The van der Waals surface area contributed by atoms with E-state index in [1.165, 1.54) is 22.3 Å². The molecule has 1 unspecified atom stereocenters. The lowest BCUT2D eigenvalue weighted by Gasteiger charge is -2.14. The van der Waals surface area contributed by atoms with Crippen LogP contribution < -0.4 is 11.1 Å². The van der Waals surface area contributed by atoms with Crippen molar-refractivity contribution in [3.05, 3.63) is 34.4 Å². The molecule has 1 rings (SSSR count). The smallest absolute Gasteiger partial charge is 0.0208 e. The molecule has 0 aliphatic rings. The number of aryl methyl sites for hydroxylation is 1. The van der Waals surface area contributed by atoms with Gasteiger partial charge < -0.3 is 11.1 Å². The predicted molar refractivity (Wildman–Crippen MR) is 75.2 cm³/mol. The number of hydrogen-bond acceptors (Lipinski definition) is 2. The van der Waals surface area contributed by atoms with Gasteiger partial charge >= 0.3 is 0 Å². The fraction of sp³-hybridized carbons (Fsp3) is 0.600. The molecule has 0 heterocycles. The van der Waals surface area contributed by atoms with Crippen LogP contribution in [0.5, 0.6) is 0 Å². The monoisotopic (exact) mass is 234 g/mol. The molecule has 0 saturated heterocycles. The van der Waals surface area contributed by atoms with Gasteiger partial charge in [-0.05, 0) is 68.5 Å². The Morgan fingerprint density at radius 1 is 1.18 bits per heavy atom. The largest absolute Gasteiger partial charge is 0.330 e. The van der Waals surface area contributed by atoms with E-state index in [1.54, 1.807) is 0 Å². The molecule has 1 aromatic carbocycles. The van der Waals surface area contributed by atoms with Crippen molar-refractivity contribution in [1.29, 1.82) is 0 Å². The van der Waals surface area contributed by atoms with E-state index in [0.717, 1.165) is 26.1 Å². The number of hydrogen-bond donors (Lipinski definition) is 2. The Hall–Kier alpha value is -0.860. The van der Waals surface area contributed by atoms with Crippen molar-refractivity contribution >= 4 is 0 Å². The summed E-state index contributed by atoms with van der Waals surface area (Å²) < 4.78 is 0. The molecule has 1 atom stereocenters. The van der Waals surface area contributed by atoms with Crippen LogP contribution in [0.1, 0.15) is 35.6 Å². The zero-order valence-electron chi connectivity index (χ0n) is 11.6. The average molecular weight is 234 g/mol. The Morgan fingerprint density at radius 3 is 2.53 bits per heavy atom. The van der Waals surface area contributed by atoms with E-state index >= 15 is 0 Å². The van der Waals surface area contributed by atoms with Crippen LogP contribution in [0.3, 0.4) is 0 Å². The zero-order chi connectivity index (χ0) is 12.8. The molecule has 0 aromatic heterocycles. The summed E-state index contributed by atoms with van der Waals surface area (Å²) in [4.78, 5) is 0. The van der Waals surface area contributed by atoms with Crippen molar-refractivity contribution in [2.45, 2.75) is 40.7 Å². The summed E-state index contributed by atoms with van der Waals surface area (Å²) in [6, 6.07) is 4.45. The van der Waals surface area contributed by atoms with Crippen LogP contribution in [-0.4, -0.2) is 13.1 Å². The second-order valence-corrected chi connectivity index (χ2v) is 5.11. The highest BCUT2D eigenvalue weighted by molar-refractivity contribution is 5.38. The second kappa shape index (κ2) is 6.77. The van der Waals surface area contributed by atoms with Gasteiger partial charge in [0, 0.05) is 6.54 Å². The molecule has 2 heteroatoms. The zero-order valence-corrected chi connectivity index (χ0v) is 11.6. The Labute approximate surface area is 106 Å². The van der Waals surface area contributed by atoms with Gasteiger partial charge in [0.25, 0.3) is 0 Å². The molecule has 0 fully saturated rings. The Balaban J connectivity index is 2.50. The Bertz CT molecular complexity index is 358. The summed E-state index contributed by atoms with van der Waals surface area (Å²) in [5.41, 5.74) is 11.2. The first kappa shape index (κ1) is 14.2. The number of nitrogens with one attached hydrogen (secondary N) is 1. The van der Waals surface area contributed by atoms with Crippen molar-refractivity contribution in [3.63, 3.8) is 0 Å². The molecule has 0 aliphatic heterocycles. The third-order valence-electron chi connectivity index (χ3n) is 3.64. The molecule has 2 nitrogen and oxygen atoms in total. The fourth-order valence-electron chi connectivity index (χ4n) is 2.04. The minimum Gasteiger partial charge on any atom is -0.330 e. The molecular weight excluding hydrogens is 208 g/mol. The Kier molecular flexibility index (Phi) is 5.66. The van der Waals surface area contributed by atoms with Gasteiger partial charge in [0.05, 0.1) is 0 Å². The van der Waals surface area contributed by atoms with Crippen molar-refractivity contribution in [1.82, 2.24) is 5.32 Å². The molecule has 0 spiro atoms.